The summed E-state index contributed by atoms with van der Waals surface area (Å²) in [5.41, 5.74) is -1.68. The summed E-state index contributed by atoms with van der Waals surface area (Å²) >= 11 is 16.1. The van der Waals surface area contributed by atoms with Crippen LogP contribution >= 0.6 is 79.6 Å². The monoisotopic (exact) mass is 1350 g/mol. The first-order valence-electron chi connectivity index (χ1n) is 22.5. The highest BCUT2D eigenvalue weighted by Gasteiger charge is 2.35. The van der Waals surface area contributed by atoms with Crippen molar-refractivity contribution < 1.29 is 85.7 Å². The van der Waals surface area contributed by atoms with Gasteiger partial charge in [-0.05, 0) is 96.9 Å². The van der Waals surface area contributed by atoms with Crippen LogP contribution in [0.15, 0.2) is 36.4 Å². The quantitative estimate of drug-likeness (QED) is 0.0225. The third-order valence-electron chi connectivity index (χ3n) is 8.51. The first-order valence-corrected chi connectivity index (χ1v) is 26.4. The van der Waals surface area contributed by atoms with Gasteiger partial charge in [0.1, 0.15) is 108 Å². The number of benzene rings is 2. The highest BCUT2D eigenvalue weighted by atomic mass is 79.9. The Kier molecular flexibility index (Phi) is 29.4. The SMILES string of the molecule is CC(COC(=O)C(C)(C)Br)(COC(=O)C(C)(C)Br)OCCC=O.COc1cc(OC(=O)C(C)(C)C)cc(OC(=O)C(C)(C)Br)c1.COc1cc(OCCOC(=O)C(C)(C)Br)cc(OCCOC(=O)C(C)(C)Br)c1. The zero-order chi connectivity index (χ0) is 56.8. The molecule has 2 aromatic rings. The Bertz CT molecular complexity index is 1990. The van der Waals surface area contributed by atoms with E-state index in [9.17, 15) is 33.6 Å². The van der Waals surface area contributed by atoms with E-state index in [0.29, 0.717) is 23.0 Å². The Morgan fingerprint density at radius 3 is 1.03 bits per heavy atom. The predicted octanol–water partition coefficient (Wildman–Crippen LogP) is 10.4. The average Bonchev–Trinajstić information content (AvgIpc) is 3.25. The van der Waals surface area contributed by atoms with Gasteiger partial charge in [-0.25, -0.2) is 0 Å². The molecule has 0 fully saturated rings. The van der Waals surface area contributed by atoms with Gasteiger partial charge in [0.2, 0.25) is 0 Å². The lowest BCUT2D eigenvalue weighted by atomic mass is 9.97. The molecular weight excluding hydrogens is 1290 g/mol. The van der Waals surface area contributed by atoms with Crippen LogP contribution < -0.4 is 28.4 Å². The Balaban J connectivity index is 0.00000108. The van der Waals surface area contributed by atoms with E-state index >= 15 is 0 Å². The average molecular weight is 1360 g/mol. The number of alkyl halides is 5. The van der Waals surface area contributed by atoms with Crippen LogP contribution in [0.4, 0.5) is 0 Å². The van der Waals surface area contributed by atoms with E-state index in [1.807, 2.05) is 0 Å². The summed E-state index contributed by atoms with van der Waals surface area (Å²) in [5, 5.41) is 0. The summed E-state index contributed by atoms with van der Waals surface area (Å²) < 4.78 is 54.4. The van der Waals surface area contributed by atoms with E-state index in [1.165, 1.54) is 20.3 Å². The smallest absolute Gasteiger partial charge is 0.327 e. The molecule has 0 heterocycles. The molecule has 23 heteroatoms. The van der Waals surface area contributed by atoms with E-state index in [4.69, 9.17) is 52.1 Å². The van der Waals surface area contributed by atoms with E-state index in [0.717, 1.165) is 6.29 Å². The van der Waals surface area contributed by atoms with Crippen LogP contribution in [0, 0.1) is 5.41 Å². The standard InChI is InChI=1S/C19H26Br2O7.C16H21BrO5.C15H24Br2O6/c1-18(2,20)16(22)27-8-6-25-14-10-13(24-5)11-15(12-14)26-7-9-28-17(23)19(3,4)21;1-15(2,3)13(18)21-11-7-10(20-6)8-12(9-11)22-14(19)16(4,5)17;1-13(2,16)11(19)21-9-15(5,23-8-6-7-18)10-22-12(20)14(3,4)17/h10-12H,6-9H2,1-5H3;7-9H,1-6H3;7H,6,8-10H2,1-5H3. The van der Waals surface area contributed by atoms with Crippen LogP contribution in [0.5, 0.6) is 34.5 Å². The zero-order valence-corrected chi connectivity index (χ0v) is 52.4. The van der Waals surface area contributed by atoms with Crippen molar-refractivity contribution in [2.24, 2.45) is 5.41 Å². The normalized spacial score (nSPS) is 12.0. The Morgan fingerprint density at radius 2 is 0.712 bits per heavy atom. The first kappa shape index (κ1) is 69.5. The maximum atomic E-state index is 11.9. The van der Waals surface area contributed by atoms with Crippen molar-refractivity contribution in [1.82, 2.24) is 0 Å². The summed E-state index contributed by atoms with van der Waals surface area (Å²) in [7, 11) is 3.01. The Hall–Kier alpha value is -3.51. The van der Waals surface area contributed by atoms with Crippen molar-refractivity contribution in [3.63, 3.8) is 0 Å². The van der Waals surface area contributed by atoms with Crippen LogP contribution in [0.25, 0.3) is 0 Å². The number of halogens is 5. The Morgan fingerprint density at radius 1 is 0.411 bits per heavy atom. The molecule has 0 unspecified atom stereocenters. The van der Waals surface area contributed by atoms with Crippen LogP contribution in [0.3, 0.4) is 0 Å². The molecule has 0 radical (unpaired) electrons. The van der Waals surface area contributed by atoms with Gasteiger partial charge in [-0.1, -0.05) is 79.6 Å². The maximum Gasteiger partial charge on any atom is 0.327 e. The number of ether oxygens (including phenoxy) is 11. The molecule has 0 aromatic heterocycles. The summed E-state index contributed by atoms with van der Waals surface area (Å²) in [4.78, 5) is 81.3. The lowest BCUT2D eigenvalue weighted by Crippen LogP contribution is -2.44. The second-order valence-electron chi connectivity index (χ2n) is 19.5. The third-order valence-corrected chi connectivity index (χ3v) is 10.1. The van der Waals surface area contributed by atoms with Gasteiger partial charge in [0, 0.05) is 42.8 Å². The van der Waals surface area contributed by atoms with Gasteiger partial charge in [-0.3, -0.25) is 28.8 Å². The highest BCUT2D eigenvalue weighted by molar-refractivity contribution is 9.11. The number of esters is 6. The molecule has 18 nitrogen and oxygen atoms in total. The number of hydrogen-bond donors (Lipinski definition) is 0. The van der Waals surface area contributed by atoms with Crippen LogP contribution in [0.2, 0.25) is 0 Å². The molecule has 0 saturated carbocycles. The highest BCUT2D eigenvalue weighted by Crippen LogP contribution is 2.32. The van der Waals surface area contributed by atoms with Gasteiger partial charge in [0.25, 0.3) is 0 Å². The molecule has 0 N–H and O–H groups in total. The first-order chi connectivity index (χ1) is 33.2. The number of methoxy groups -OCH3 is 2. The number of hydrogen-bond acceptors (Lipinski definition) is 18. The second-order valence-corrected chi connectivity index (χ2v) is 29.4. The van der Waals surface area contributed by atoms with E-state index < -0.39 is 50.5 Å². The van der Waals surface area contributed by atoms with Crippen molar-refractivity contribution in [2.45, 2.75) is 131 Å². The van der Waals surface area contributed by atoms with Crippen LogP contribution in [0.1, 0.15) is 103 Å². The molecular formula is C50H71Br5O18. The molecule has 0 aliphatic heterocycles. The van der Waals surface area contributed by atoms with Crippen molar-refractivity contribution >= 4 is 122 Å². The van der Waals surface area contributed by atoms with Crippen molar-refractivity contribution in [2.75, 3.05) is 60.5 Å². The molecule has 0 atom stereocenters. The van der Waals surface area contributed by atoms with E-state index in [1.54, 1.807) is 127 Å². The molecule has 0 aliphatic carbocycles. The number of carbonyl (C=O) groups excluding carboxylic acids is 7. The van der Waals surface area contributed by atoms with Gasteiger partial charge >= 0.3 is 35.8 Å². The van der Waals surface area contributed by atoms with Gasteiger partial charge in [0.15, 0.2) is 0 Å². The summed E-state index contributed by atoms with van der Waals surface area (Å²) in [6.07, 6.45) is 0.924. The number of aldehydes is 1. The molecule has 2 aromatic carbocycles. The maximum absolute atomic E-state index is 11.9. The van der Waals surface area contributed by atoms with Crippen LogP contribution in [-0.4, -0.2) is 130 Å². The molecule has 0 amide bonds. The molecule has 0 bridgehead atoms. The molecule has 0 aliphatic rings. The van der Waals surface area contributed by atoms with Crippen molar-refractivity contribution in [3.05, 3.63) is 36.4 Å². The fourth-order valence-corrected chi connectivity index (χ4v) is 4.83. The number of carbonyl (C=O) groups is 7. The fraction of sp³-hybridized carbons (Fsp3) is 0.620. The lowest BCUT2D eigenvalue weighted by molar-refractivity contribution is -0.170. The largest absolute Gasteiger partial charge is 0.496 e. The summed E-state index contributed by atoms with van der Waals surface area (Å²) in [6, 6.07) is 9.64. The van der Waals surface area contributed by atoms with Gasteiger partial charge < -0.3 is 56.9 Å². The molecule has 0 saturated heterocycles. The summed E-state index contributed by atoms with van der Waals surface area (Å²) in [6.45, 7) is 24.3. The van der Waals surface area contributed by atoms with Gasteiger partial charge in [0.05, 0.1) is 26.2 Å². The van der Waals surface area contributed by atoms with Crippen molar-refractivity contribution in [3.8, 4) is 34.5 Å². The fourth-order valence-electron chi connectivity index (χ4n) is 4.29. The van der Waals surface area contributed by atoms with Gasteiger partial charge in [-0.2, -0.15) is 0 Å². The minimum absolute atomic E-state index is 0.101. The third kappa shape index (κ3) is 30.0. The number of rotatable bonds is 25. The lowest BCUT2D eigenvalue weighted by Gasteiger charge is -2.30. The second kappa shape index (κ2) is 30.9. The predicted molar refractivity (Wildman–Crippen MR) is 292 cm³/mol. The topological polar surface area (TPSA) is 221 Å². The summed E-state index contributed by atoms with van der Waals surface area (Å²) in [5.74, 6) is -0.0392. The van der Waals surface area contributed by atoms with E-state index in [2.05, 4.69) is 79.6 Å². The van der Waals surface area contributed by atoms with E-state index in [-0.39, 0.29) is 82.1 Å². The zero-order valence-electron chi connectivity index (χ0n) is 44.4. The molecule has 414 valence electrons. The van der Waals surface area contributed by atoms with Crippen molar-refractivity contribution in [1.29, 1.82) is 0 Å². The van der Waals surface area contributed by atoms with Crippen LogP contribution in [-0.2, 0) is 57.2 Å². The van der Waals surface area contributed by atoms with Gasteiger partial charge in [-0.15, -0.1) is 0 Å². The minimum Gasteiger partial charge on any atom is -0.496 e. The molecule has 0 spiro atoms. The molecule has 2 rings (SSSR count). The minimum atomic E-state index is -1.04. The Labute approximate surface area is 471 Å². The molecule has 73 heavy (non-hydrogen) atoms.